The number of benzene rings is 2. The summed E-state index contributed by atoms with van der Waals surface area (Å²) in [7, 11) is 1.59. The Morgan fingerprint density at radius 2 is 1.92 bits per heavy atom. The van der Waals surface area contributed by atoms with Crippen molar-refractivity contribution in [2.45, 2.75) is 6.92 Å². The van der Waals surface area contributed by atoms with Gasteiger partial charge >= 0.3 is 0 Å². The van der Waals surface area contributed by atoms with Gasteiger partial charge in [-0.05, 0) is 49.4 Å². The zero-order valence-electron chi connectivity index (χ0n) is 14.1. The molecule has 1 N–H and O–H groups in total. The third-order valence-electron chi connectivity index (χ3n) is 3.75. The number of anilines is 1. The molecule has 3 aromatic rings. The SMILES string of the molecule is COc1ccc(-c2ncc(C(=O)Nc3ccc(Br)cc3F)c(C)n2)cc1. The van der Waals surface area contributed by atoms with Gasteiger partial charge in [-0.25, -0.2) is 14.4 Å². The molecular formula is C19H15BrFN3O2. The van der Waals surface area contributed by atoms with E-state index in [0.717, 1.165) is 11.3 Å². The molecule has 1 aromatic heterocycles. The normalized spacial score (nSPS) is 10.5. The molecule has 26 heavy (non-hydrogen) atoms. The molecule has 0 bridgehead atoms. The van der Waals surface area contributed by atoms with Crippen molar-refractivity contribution in [3.8, 4) is 17.1 Å². The molecule has 0 saturated heterocycles. The maximum atomic E-state index is 13.9. The van der Waals surface area contributed by atoms with Crippen LogP contribution in [0.4, 0.5) is 10.1 Å². The molecule has 0 atom stereocenters. The fraction of sp³-hybridized carbons (Fsp3) is 0.105. The van der Waals surface area contributed by atoms with Crippen LogP contribution in [-0.2, 0) is 0 Å². The molecular weight excluding hydrogens is 401 g/mol. The lowest BCUT2D eigenvalue weighted by Gasteiger charge is -2.09. The highest BCUT2D eigenvalue weighted by Crippen LogP contribution is 2.22. The van der Waals surface area contributed by atoms with Gasteiger partial charge < -0.3 is 10.1 Å². The number of carbonyl (C=O) groups is 1. The van der Waals surface area contributed by atoms with Crippen molar-refractivity contribution in [3.63, 3.8) is 0 Å². The number of nitrogens with one attached hydrogen (secondary N) is 1. The summed E-state index contributed by atoms with van der Waals surface area (Å²) in [6.07, 6.45) is 1.44. The van der Waals surface area contributed by atoms with E-state index >= 15 is 0 Å². The fourth-order valence-corrected chi connectivity index (χ4v) is 2.68. The van der Waals surface area contributed by atoms with Crippen molar-refractivity contribution in [1.29, 1.82) is 0 Å². The summed E-state index contributed by atoms with van der Waals surface area (Å²) in [5.74, 6) is 0.237. The van der Waals surface area contributed by atoms with E-state index in [1.165, 1.54) is 18.3 Å². The standard InChI is InChI=1S/C19H15BrFN3O2/c1-11-15(19(25)24-17-8-5-13(20)9-16(17)21)10-22-18(23-11)12-3-6-14(26-2)7-4-12/h3-10H,1-2H3,(H,24,25). The molecule has 0 aliphatic carbocycles. The molecule has 0 fully saturated rings. The molecule has 0 unspecified atom stereocenters. The largest absolute Gasteiger partial charge is 0.497 e. The first-order chi connectivity index (χ1) is 12.5. The summed E-state index contributed by atoms with van der Waals surface area (Å²) in [6.45, 7) is 1.71. The van der Waals surface area contributed by atoms with Gasteiger partial charge in [0.15, 0.2) is 5.82 Å². The van der Waals surface area contributed by atoms with Crippen molar-refractivity contribution in [2.24, 2.45) is 0 Å². The third-order valence-corrected chi connectivity index (χ3v) is 4.24. The Labute approximate surface area is 158 Å². The van der Waals surface area contributed by atoms with Crippen LogP contribution in [0.1, 0.15) is 16.1 Å². The number of methoxy groups -OCH3 is 1. The number of hydrogen-bond donors (Lipinski definition) is 1. The van der Waals surface area contributed by atoms with E-state index < -0.39 is 11.7 Å². The van der Waals surface area contributed by atoms with Gasteiger partial charge in [0.2, 0.25) is 0 Å². The van der Waals surface area contributed by atoms with E-state index in [-0.39, 0.29) is 11.3 Å². The van der Waals surface area contributed by atoms with Crippen molar-refractivity contribution in [3.05, 3.63) is 70.2 Å². The number of amides is 1. The number of aromatic nitrogens is 2. The molecule has 0 radical (unpaired) electrons. The minimum absolute atomic E-state index is 0.0943. The predicted molar refractivity (Wildman–Crippen MR) is 101 cm³/mol. The van der Waals surface area contributed by atoms with Gasteiger partial charge in [0.05, 0.1) is 24.1 Å². The lowest BCUT2D eigenvalue weighted by Crippen LogP contribution is -2.16. The average molecular weight is 416 g/mol. The molecule has 0 saturated carbocycles. The molecule has 3 rings (SSSR count). The van der Waals surface area contributed by atoms with E-state index in [9.17, 15) is 9.18 Å². The van der Waals surface area contributed by atoms with Gasteiger partial charge in [-0.15, -0.1) is 0 Å². The van der Waals surface area contributed by atoms with Crippen LogP contribution in [0.2, 0.25) is 0 Å². The number of hydrogen-bond acceptors (Lipinski definition) is 4. The molecule has 1 heterocycles. The van der Waals surface area contributed by atoms with E-state index in [4.69, 9.17) is 4.74 Å². The van der Waals surface area contributed by atoms with Crippen molar-refractivity contribution >= 4 is 27.5 Å². The summed E-state index contributed by atoms with van der Waals surface area (Å²) < 4.78 is 19.6. The van der Waals surface area contributed by atoms with Crippen LogP contribution in [0.5, 0.6) is 5.75 Å². The monoisotopic (exact) mass is 415 g/mol. The van der Waals surface area contributed by atoms with Crippen LogP contribution in [0, 0.1) is 12.7 Å². The average Bonchev–Trinajstić information content (AvgIpc) is 2.64. The van der Waals surface area contributed by atoms with Crippen molar-refractivity contribution < 1.29 is 13.9 Å². The Morgan fingerprint density at radius 3 is 2.54 bits per heavy atom. The highest BCUT2D eigenvalue weighted by Gasteiger charge is 2.15. The number of aryl methyl sites for hydroxylation is 1. The Hall–Kier alpha value is -2.80. The lowest BCUT2D eigenvalue weighted by atomic mass is 10.1. The van der Waals surface area contributed by atoms with Gasteiger partial charge in [0, 0.05) is 16.2 Å². The van der Waals surface area contributed by atoms with Gasteiger partial charge in [0.25, 0.3) is 5.91 Å². The van der Waals surface area contributed by atoms with Crippen LogP contribution in [-0.4, -0.2) is 23.0 Å². The zero-order chi connectivity index (χ0) is 18.7. The minimum atomic E-state index is -0.527. The quantitative estimate of drug-likeness (QED) is 0.675. The van der Waals surface area contributed by atoms with Crippen LogP contribution < -0.4 is 10.1 Å². The molecule has 1 amide bonds. The Kier molecular flexibility index (Phi) is 5.27. The van der Waals surface area contributed by atoms with Crippen molar-refractivity contribution in [1.82, 2.24) is 9.97 Å². The highest BCUT2D eigenvalue weighted by atomic mass is 79.9. The smallest absolute Gasteiger partial charge is 0.259 e. The highest BCUT2D eigenvalue weighted by molar-refractivity contribution is 9.10. The van der Waals surface area contributed by atoms with Crippen molar-refractivity contribution in [2.75, 3.05) is 12.4 Å². The maximum absolute atomic E-state index is 13.9. The molecule has 2 aromatic carbocycles. The molecule has 7 heteroatoms. The first-order valence-electron chi connectivity index (χ1n) is 7.72. The first-order valence-corrected chi connectivity index (χ1v) is 8.51. The Morgan fingerprint density at radius 1 is 1.19 bits per heavy atom. The number of nitrogens with zero attached hydrogens (tertiary/aromatic N) is 2. The summed E-state index contributed by atoms with van der Waals surface area (Å²) >= 11 is 3.18. The Bertz CT molecular complexity index is 961. The topological polar surface area (TPSA) is 64.1 Å². The van der Waals surface area contributed by atoms with E-state index in [1.807, 2.05) is 24.3 Å². The summed E-state index contributed by atoms with van der Waals surface area (Å²) in [4.78, 5) is 21.1. The second-order valence-electron chi connectivity index (χ2n) is 5.50. The molecule has 0 aliphatic rings. The lowest BCUT2D eigenvalue weighted by molar-refractivity contribution is 0.102. The fourth-order valence-electron chi connectivity index (χ4n) is 2.35. The van der Waals surface area contributed by atoms with Crippen LogP contribution >= 0.6 is 15.9 Å². The first kappa shape index (κ1) is 18.0. The molecule has 5 nitrogen and oxygen atoms in total. The number of ether oxygens (including phenoxy) is 1. The van der Waals surface area contributed by atoms with Gasteiger partial charge in [-0.3, -0.25) is 4.79 Å². The van der Waals surface area contributed by atoms with Crippen LogP contribution in [0.25, 0.3) is 11.4 Å². The zero-order valence-corrected chi connectivity index (χ0v) is 15.7. The van der Waals surface area contributed by atoms with E-state index in [1.54, 1.807) is 20.1 Å². The predicted octanol–water partition coefficient (Wildman–Crippen LogP) is 4.61. The van der Waals surface area contributed by atoms with Crippen LogP contribution in [0.15, 0.2) is 53.1 Å². The summed E-state index contributed by atoms with van der Waals surface area (Å²) in [5, 5.41) is 2.54. The summed E-state index contributed by atoms with van der Waals surface area (Å²) in [5.41, 5.74) is 1.68. The molecule has 0 aliphatic heterocycles. The van der Waals surface area contributed by atoms with Gasteiger partial charge in [-0.2, -0.15) is 0 Å². The maximum Gasteiger partial charge on any atom is 0.259 e. The third kappa shape index (κ3) is 3.88. The molecule has 132 valence electrons. The number of halogens is 2. The molecule has 0 spiro atoms. The summed E-state index contributed by atoms with van der Waals surface area (Å²) in [6, 6.07) is 11.7. The van der Waals surface area contributed by atoms with Gasteiger partial charge in [-0.1, -0.05) is 15.9 Å². The van der Waals surface area contributed by atoms with E-state index in [0.29, 0.717) is 16.0 Å². The Balaban J connectivity index is 1.83. The van der Waals surface area contributed by atoms with Crippen LogP contribution in [0.3, 0.4) is 0 Å². The number of carbonyl (C=O) groups excluding carboxylic acids is 1. The van der Waals surface area contributed by atoms with E-state index in [2.05, 4.69) is 31.2 Å². The minimum Gasteiger partial charge on any atom is -0.497 e. The van der Waals surface area contributed by atoms with Gasteiger partial charge in [0.1, 0.15) is 11.6 Å². The second kappa shape index (κ2) is 7.61. The number of rotatable bonds is 4. The second-order valence-corrected chi connectivity index (χ2v) is 6.42.